The fraction of sp³-hybridized carbons (Fsp3) is 0.111. The molecule has 0 bridgehead atoms. The monoisotopic (exact) mass is 298 g/mol. The summed E-state index contributed by atoms with van der Waals surface area (Å²) < 4.78 is 5.84. The number of nitrogens with zero attached hydrogens (tertiary/aromatic N) is 1. The summed E-state index contributed by atoms with van der Waals surface area (Å²) in [6.07, 6.45) is 6.41. The van der Waals surface area contributed by atoms with Gasteiger partial charge in [0.25, 0.3) is 0 Å². The Hall–Kier alpha value is -2.03. The van der Waals surface area contributed by atoms with Gasteiger partial charge in [0, 0.05) is 42.3 Å². The standard InChI is InChI=1S/C18H17ClNO/c1-14-4-3-13-20(14,16-7-5-15(19)6-8-16)17-9-11-18(21-2)12-10-17/h3-13H,1-2H3/q+1. The predicted molar refractivity (Wildman–Crippen MR) is 88.8 cm³/mol. The molecule has 0 saturated heterocycles. The second kappa shape index (κ2) is 5.40. The molecule has 1 heterocycles. The number of quaternary nitrogens is 1. The van der Waals surface area contributed by atoms with Crippen LogP contribution >= 0.6 is 11.6 Å². The van der Waals surface area contributed by atoms with Crippen LogP contribution in [0.25, 0.3) is 0 Å². The van der Waals surface area contributed by atoms with Gasteiger partial charge in [-0.1, -0.05) is 11.6 Å². The van der Waals surface area contributed by atoms with Gasteiger partial charge < -0.3 is 4.74 Å². The van der Waals surface area contributed by atoms with Gasteiger partial charge in [-0.15, -0.1) is 0 Å². The molecule has 0 fully saturated rings. The number of rotatable bonds is 3. The Balaban J connectivity index is 2.16. The highest BCUT2D eigenvalue weighted by atomic mass is 35.5. The molecule has 2 aromatic carbocycles. The summed E-state index contributed by atoms with van der Waals surface area (Å²) in [5, 5.41) is 0.747. The largest absolute Gasteiger partial charge is 0.497 e. The second-order valence-corrected chi connectivity index (χ2v) is 5.48. The van der Waals surface area contributed by atoms with Crippen LogP contribution in [-0.4, -0.2) is 7.11 Å². The molecule has 2 nitrogen and oxygen atoms in total. The minimum absolute atomic E-state index is 0.584. The lowest BCUT2D eigenvalue weighted by Gasteiger charge is -2.32. The first-order chi connectivity index (χ1) is 10.2. The highest BCUT2D eigenvalue weighted by Gasteiger charge is 2.36. The van der Waals surface area contributed by atoms with Crippen molar-refractivity contribution in [3.63, 3.8) is 0 Å². The van der Waals surface area contributed by atoms with Gasteiger partial charge in [0.15, 0.2) is 0 Å². The lowest BCUT2D eigenvalue weighted by atomic mass is 10.1. The zero-order chi connectivity index (χ0) is 14.9. The van der Waals surface area contributed by atoms with Gasteiger partial charge in [-0.2, -0.15) is 0 Å². The van der Waals surface area contributed by atoms with Crippen LogP contribution in [-0.2, 0) is 0 Å². The van der Waals surface area contributed by atoms with E-state index in [1.54, 1.807) is 7.11 Å². The number of methoxy groups -OCH3 is 1. The fourth-order valence-corrected chi connectivity index (χ4v) is 2.89. The molecule has 0 aliphatic carbocycles. The third-order valence-electron chi connectivity index (χ3n) is 3.92. The quantitative estimate of drug-likeness (QED) is 0.688. The number of ether oxygens (including phenoxy) is 1. The normalized spacial score (nSPS) is 20.4. The Kier molecular flexibility index (Phi) is 3.58. The molecule has 0 N–H and O–H groups in total. The number of hydrogen-bond acceptors (Lipinski definition) is 1. The molecule has 1 atom stereocenters. The van der Waals surface area contributed by atoms with Crippen molar-refractivity contribution >= 4 is 23.0 Å². The Labute approximate surface area is 130 Å². The molecule has 1 aliphatic rings. The first-order valence-electron chi connectivity index (χ1n) is 6.83. The van der Waals surface area contributed by atoms with Crippen LogP contribution in [0.15, 0.2) is 72.6 Å². The zero-order valence-corrected chi connectivity index (χ0v) is 12.8. The predicted octanol–water partition coefficient (Wildman–Crippen LogP) is 5.42. The lowest BCUT2D eigenvalue weighted by Crippen LogP contribution is -2.34. The van der Waals surface area contributed by atoms with E-state index in [2.05, 4.69) is 49.5 Å². The molecule has 0 spiro atoms. The van der Waals surface area contributed by atoms with Gasteiger partial charge in [0.2, 0.25) is 0 Å². The first kappa shape index (κ1) is 13.9. The summed E-state index contributed by atoms with van der Waals surface area (Å²) in [4.78, 5) is 0. The van der Waals surface area contributed by atoms with Crippen LogP contribution < -0.4 is 9.22 Å². The molecular formula is C18H17ClNO+. The van der Waals surface area contributed by atoms with E-state index in [9.17, 15) is 0 Å². The summed E-state index contributed by atoms with van der Waals surface area (Å²) in [7, 11) is 1.68. The topological polar surface area (TPSA) is 9.23 Å². The smallest absolute Gasteiger partial charge is 0.147 e. The summed E-state index contributed by atoms with van der Waals surface area (Å²) in [5.74, 6) is 0.859. The third-order valence-corrected chi connectivity index (χ3v) is 4.17. The average Bonchev–Trinajstić information content (AvgIpc) is 2.91. The Morgan fingerprint density at radius 2 is 1.48 bits per heavy atom. The lowest BCUT2D eigenvalue weighted by molar-refractivity contribution is 0.414. The number of hydrogen-bond donors (Lipinski definition) is 0. The van der Waals surface area contributed by atoms with Crippen molar-refractivity contribution < 1.29 is 4.74 Å². The van der Waals surface area contributed by atoms with Gasteiger partial charge >= 0.3 is 0 Å². The van der Waals surface area contributed by atoms with Gasteiger partial charge in [0.1, 0.15) is 29.0 Å². The van der Waals surface area contributed by atoms with Gasteiger partial charge in [-0.3, -0.25) is 0 Å². The van der Waals surface area contributed by atoms with Crippen LogP contribution in [0.5, 0.6) is 5.75 Å². The van der Waals surface area contributed by atoms with Crippen LogP contribution in [0.3, 0.4) is 0 Å². The van der Waals surface area contributed by atoms with Crippen molar-refractivity contribution in [1.29, 1.82) is 0 Å². The van der Waals surface area contributed by atoms with Crippen LogP contribution in [0, 0.1) is 0 Å². The molecule has 3 rings (SSSR count). The summed E-state index contributed by atoms with van der Waals surface area (Å²) in [6.45, 7) is 2.14. The molecule has 21 heavy (non-hydrogen) atoms. The van der Waals surface area contributed by atoms with Crippen LogP contribution in [0.2, 0.25) is 5.02 Å². The van der Waals surface area contributed by atoms with Gasteiger partial charge in [-0.05, 0) is 30.3 Å². The summed E-state index contributed by atoms with van der Waals surface area (Å²) in [6, 6.07) is 16.2. The van der Waals surface area contributed by atoms with E-state index in [1.807, 2.05) is 24.3 Å². The van der Waals surface area contributed by atoms with E-state index in [-0.39, 0.29) is 0 Å². The minimum atomic E-state index is 0.584. The van der Waals surface area contributed by atoms with Crippen molar-refractivity contribution in [3.8, 4) is 5.75 Å². The molecule has 0 radical (unpaired) electrons. The molecule has 0 saturated carbocycles. The average molecular weight is 299 g/mol. The second-order valence-electron chi connectivity index (χ2n) is 5.05. The Morgan fingerprint density at radius 3 is 1.95 bits per heavy atom. The maximum Gasteiger partial charge on any atom is 0.147 e. The minimum Gasteiger partial charge on any atom is -0.497 e. The van der Waals surface area contributed by atoms with Crippen molar-refractivity contribution in [2.75, 3.05) is 7.11 Å². The van der Waals surface area contributed by atoms with E-state index in [4.69, 9.17) is 16.3 Å². The van der Waals surface area contributed by atoms with Crippen molar-refractivity contribution in [3.05, 3.63) is 77.6 Å². The maximum atomic E-state index is 6.03. The highest BCUT2D eigenvalue weighted by molar-refractivity contribution is 6.30. The summed E-state index contributed by atoms with van der Waals surface area (Å²) in [5.41, 5.74) is 3.56. The van der Waals surface area contributed by atoms with E-state index in [1.165, 1.54) is 11.4 Å². The molecule has 3 heteroatoms. The van der Waals surface area contributed by atoms with E-state index < -0.39 is 0 Å². The molecule has 0 aromatic heterocycles. The number of allylic oxidation sites excluding steroid dienone is 3. The van der Waals surface area contributed by atoms with Crippen molar-refractivity contribution in [1.82, 2.24) is 4.48 Å². The van der Waals surface area contributed by atoms with E-state index >= 15 is 0 Å². The van der Waals surface area contributed by atoms with Gasteiger partial charge in [0.05, 0.1) is 7.11 Å². The molecule has 1 aliphatic heterocycles. The van der Waals surface area contributed by atoms with Crippen molar-refractivity contribution in [2.24, 2.45) is 0 Å². The molecule has 2 aromatic rings. The van der Waals surface area contributed by atoms with Crippen LogP contribution in [0.1, 0.15) is 6.92 Å². The first-order valence-corrected chi connectivity index (χ1v) is 7.21. The van der Waals surface area contributed by atoms with Crippen molar-refractivity contribution in [2.45, 2.75) is 6.92 Å². The van der Waals surface area contributed by atoms with Crippen LogP contribution in [0.4, 0.5) is 11.4 Å². The SMILES string of the molecule is COc1ccc([N+]2(c3ccc(Cl)cc3)C=CC=C2C)cc1. The van der Waals surface area contributed by atoms with E-state index in [0.717, 1.165) is 16.5 Å². The molecule has 1 unspecified atom stereocenters. The molecule has 0 amide bonds. The Morgan fingerprint density at radius 1 is 0.905 bits per heavy atom. The highest BCUT2D eigenvalue weighted by Crippen LogP contribution is 2.43. The number of benzene rings is 2. The van der Waals surface area contributed by atoms with E-state index in [0.29, 0.717) is 4.48 Å². The maximum absolute atomic E-state index is 6.03. The molecule has 106 valence electrons. The molecular weight excluding hydrogens is 282 g/mol. The van der Waals surface area contributed by atoms with Gasteiger partial charge in [-0.25, -0.2) is 4.48 Å². The third kappa shape index (κ3) is 2.27. The fourth-order valence-electron chi connectivity index (χ4n) is 2.77. The summed E-state index contributed by atoms with van der Waals surface area (Å²) >= 11 is 6.03. The zero-order valence-electron chi connectivity index (χ0n) is 12.1. The number of halogens is 1. The Bertz CT molecular complexity index is 701.